The maximum atomic E-state index is 15.0. The summed E-state index contributed by atoms with van der Waals surface area (Å²) in [6.07, 6.45) is 14.3. The van der Waals surface area contributed by atoms with E-state index >= 15 is 0 Å². The van der Waals surface area contributed by atoms with E-state index in [0.717, 1.165) is 29.8 Å². The summed E-state index contributed by atoms with van der Waals surface area (Å²) in [5, 5.41) is 15.9. The number of terminal acetylenes is 1. The van der Waals surface area contributed by atoms with Crippen molar-refractivity contribution in [1.29, 1.82) is 0 Å². The van der Waals surface area contributed by atoms with Crippen molar-refractivity contribution in [2.45, 2.75) is 73.4 Å². The Morgan fingerprint density at radius 3 is 2.45 bits per heavy atom. The minimum Gasteiger partial charge on any atom is -0.384 e. The molecular formula is C31H45FN6. The third kappa shape index (κ3) is 10.3. The molecule has 38 heavy (non-hydrogen) atoms. The molecule has 6 nitrogen and oxygen atoms in total. The first-order valence-corrected chi connectivity index (χ1v) is 12.9. The van der Waals surface area contributed by atoms with Crippen LogP contribution in [0.5, 0.6) is 0 Å². The molecule has 0 saturated heterocycles. The van der Waals surface area contributed by atoms with E-state index in [9.17, 15) is 4.39 Å². The normalized spacial score (nSPS) is 13.9. The van der Waals surface area contributed by atoms with E-state index in [1.807, 2.05) is 46.9 Å². The first-order valence-electron chi connectivity index (χ1n) is 12.9. The van der Waals surface area contributed by atoms with Gasteiger partial charge < -0.3 is 16.0 Å². The van der Waals surface area contributed by atoms with Crippen LogP contribution in [0.15, 0.2) is 71.8 Å². The molecule has 1 aromatic rings. The van der Waals surface area contributed by atoms with E-state index in [4.69, 9.17) is 6.42 Å². The second-order valence-electron chi connectivity index (χ2n) is 10.4. The highest BCUT2D eigenvalue weighted by Gasteiger charge is 2.19. The standard InChI is InChI=1S/C31H45FN6/c1-13-17-33-38(12)28(21(5)14-2)19-26(16-4)36-29-25(15-3)18-27(32)30(37-29)35-24(8)23(7)34-22(6)20-31(9,10)11/h3,13,16-19,23-24,34H,1,5-6,14,20H2,2,4,7-12H3,(H2,35,36,37)/b26-16+,28-19+,33-17-. The third-order valence-corrected chi connectivity index (χ3v) is 5.77. The first kappa shape index (κ1) is 32.2. The molecule has 7 heteroatoms. The second-order valence-corrected chi connectivity index (χ2v) is 10.4. The number of pyridine rings is 1. The minimum absolute atomic E-state index is 0.0157. The van der Waals surface area contributed by atoms with Crippen molar-refractivity contribution < 1.29 is 4.39 Å². The number of hydrazone groups is 1. The van der Waals surface area contributed by atoms with E-state index < -0.39 is 5.82 Å². The zero-order chi connectivity index (χ0) is 29.0. The molecular weight excluding hydrogens is 475 g/mol. The lowest BCUT2D eigenvalue weighted by Gasteiger charge is -2.28. The average molecular weight is 521 g/mol. The summed E-state index contributed by atoms with van der Waals surface area (Å²) in [6, 6.07) is 1.15. The number of allylic oxidation sites excluding steroid dienone is 5. The number of hydrogen-bond acceptors (Lipinski definition) is 6. The molecule has 2 atom stereocenters. The van der Waals surface area contributed by atoms with Gasteiger partial charge in [-0.2, -0.15) is 5.10 Å². The Morgan fingerprint density at radius 1 is 1.26 bits per heavy atom. The van der Waals surface area contributed by atoms with Crippen molar-refractivity contribution in [3.63, 3.8) is 0 Å². The van der Waals surface area contributed by atoms with Gasteiger partial charge in [0.1, 0.15) is 5.82 Å². The van der Waals surface area contributed by atoms with Crippen LogP contribution in [-0.2, 0) is 0 Å². The molecule has 1 heterocycles. The van der Waals surface area contributed by atoms with Crippen LogP contribution in [0.1, 0.15) is 66.9 Å². The number of halogens is 1. The number of rotatable bonds is 14. The van der Waals surface area contributed by atoms with Crippen LogP contribution < -0.4 is 16.0 Å². The molecule has 0 aliphatic carbocycles. The largest absolute Gasteiger partial charge is 0.384 e. The fourth-order valence-corrected chi connectivity index (χ4v) is 3.56. The molecule has 2 unspecified atom stereocenters. The number of likely N-dealkylation sites (N-methyl/N-ethyl adjacent to an activating group) is 1. The molecule has 0 aromatic carbocycles. The number of nitrogens with zero attached hydrogens (tertiary/aromatic N) is 3. The monoisotopic (exact) mass is 520 g/mol. The average Bonchev–Trinajstić information content (AvgIpc) is 2.84. The molecule has 0 spiro atoms. The van der Waals surface area contributed by atoms with Gasteiger partial charge in [-0.1, -0.05) is 59.4 Å². The first-order chi connectivity index (χ1) is 17.8. The Bertz CT molecular complexity index is 1130. The molecule has 0 bridgehead atoms. The van der Waals surface area contributed by atoms with Crippen LogP contribution in [0.2, 0.25) is 0 Å². The van der Waals surface area contributed by atoms with Crippen LogP contribution in [-0.4, -0.2) is 35.3 Å². The molecule has 3 N–H and O–H groups in total. The Kier molecular flexibility index (Phi) is 12.6. The number of aromatic nitrogens is 1. The summed E-state index contributed by atoms with van der Waals surface area (Å²) in [5.74, 6) is 2.48. The smallest absolute Gasteiger partial charge is 0.166 e. The van der Waals surface area contributed by atoms with E-state index in [1.165, 1.54) is 6.07 Å². The summed E-state index contributed by atoms with van der Waals surface area (Å²) in [4.78, 5) is 4.52. The van der Waals surface area contributed by atoms with Gasteiger partial charge in [-0.15, -0.1) is 6.42 Å². The Morgan fingerprint density at radius 2 is 1.92 bits per heavy atom. The maximum absolute atomic E-state index is 15.0. The van der Waals surface area contributed by atoms with Crippen LogP contribution in [0.4, 0.5) is 16.0 Å². The van der Waals surface area contributed by atoms with Gasteiger partial charge in [0, 0.05) is 36.7 Å². The van der Waals surface area contributed by atoms with Crippen LogP contribution in [0.25, 0.3) is 0 Å². The SMILES string of the molecule is C#Cc1cc(F)c(NC(C)C(C)NC(=C)CC(C)(C)C)nc1NC(=C/C)/C=C(\C(=C)CC)N(C)/N=C\C=C. The van der Waals surface area contributed by atoms with Gasteiger partial charge in [-0.05, 0) is 62.8 Å². The Balaban J connectivity index is 3.25. The zero-order valence-corrected chi connectivity index (χ0v) is 24.4. The second kappa shape index (κ2) is 14.8. The van der Waals surface area contributed by atoms with Gasteiger partial charge in [0.05, 0.1) is 11.3 Å². The van der Waals surface area contributed by atoms with E-state index in [2.05, 4.69) is 72.5 Å². The molecule has 0 saturated carbocycles. The molecule has 1 rings (SSSR count). The topological polar surface area (TPSA) is 64.6 Å². The molecule has 0 fully saturated rings. The predicted molar refractivity (Wildman–Crippen MR) is 162 cm³/mol. The molecule has 206 valence electrons. The minimum atomic E-state index is -0.521. The predicted octanol–water partition coefficient (Wildman–Crippen LogP) is 7.20. The highest BCUT2D eigenvalue weighted by molar-refractivity contribution is 5.70. The number of anilines is 2. The van der Waals surface area contributed by atoms with Gasteiger partial charge in [-0.3, -0.25) is 5.01 Å². The van der Waals surface area contributed by atoms with Crippen LogP contribution in [0.3, 0.4) is 0 Å². The lowest BCUT2D eigenvalue weighted by atomic mass is 9.90. The quantitative estimate of drug-likeness (QED) is 0.105. The number of nitrogens with one attached hydrogen (secondary N) is 3. The maximum Gasteiger partial charge on any atom is 0.166 e. The van der Waals surface area contributed by atoms with Crippen LogP contribution >= 0.6 is 0 Å². The van der Waals surface area contributed by atoms with Crippen molar-refractivity contribution in [2.24, 2.45) is 10.5 Å². The fraction of sp³-hybridized carbons (Fsp3) is 0.419. The molecule has 1 aromatic heterocycles. The highest BCUT2D eigenvalue weighted by Crippen LogP contribution is 2.25. The van der Waals surface area contributed by atoms with Gasteiger partial charge >= 0.3 is 0 Å². The molecule has 0 aliphatic heterocycles. The highest BCUT2D eigenvalue weighted by atomic mass is 19.1. The van der Waals surface area contributed by atoms with Gasteiger partial charge in [0.25, 0.3) is 0 Å². The summed E-state index contributed by atoms with van der Waals surface area (Å²) < 4.78 is 15.0. The number of hydrogen-bond donors (Lipinski definition) is 3. The van der Waals surface area contributed by atoms with Crippen molar-refractivity contribution in [1.82, 2.24) is 15.3 Å². The summed E-state index contributed by atoms with van der Waals surface area (Å²) >= 11 is 0. The molecule has 0 amide bonds. The summed E-state index contributed by atoms with van der Waals surface area (Å²) in [5.41, 5.74) is 3.77. The Labute approximate surface area is 229 Å². The van der Waals surface area contributed by atoms with Crippen molar-refractivity contribution in [3.05, 3.63) is 78.1 Å². The molecule has 0 radical (unpaired) electrons. The van der Waals surface area contributed by atoms with Crippen molar-refractivity contribution >= 4 is 17.9 Å². The van der Waals surface area contributed by atoms with Crippen molar-refractivity contribution in [3.8, 4) is 12.3 Å². The van der Waals surface area contributed by atoms with Gasteiger partial charge in [-0.25, -0.2) is 9.37 Å². The fourth-order valence-electron chi connectivity index (χ4n) is 3.56. The van der Waals surface area contributed by atoms with Gasteiger partial charge in [0.2, 0.25) is 0 Å². The van der Waals surface area contributed by atoms with Crippen LogP contribution in [0, 0.1) is 23.6 Å². The molecule has 0 aliphatic rings. The van der Waals surface area contributed by atoms with E-state index in [-0.39, 0.29) is 23.3 Å². The van der Waals surface area contributed by atoms with E-state index in [1.54, 1.807) is 17.3 Å². The summed E-state index contributed by atoms with van der Waals surface area (Å²) in [7, 11) is 1.83. The van der Waals surface area contributed by atoms with Crippen molar-refractivity contribution in [2.75, 3.05) is 17.7 Å². The lowest BCUT2D eigenvalue weighted by Crippen LogP contribution is -2.40. The zero-order valence-electron chi connectivity index (χ0n) is 24.4. The lowest BCUT2D eigenvalue weighted by molar-refractivity contribution is 0.388. The Hall–Kier alpha value is -3.79. The third-order valence-electron chi connectivity index (χ3n) is 5.77. The van der Waals surface area contributed by atoms with Gasteiger partial charge in [0.15, 0.2) is 11.6 Å². The van der Waals surface area contributed by atoms with E-state index in [0.29, 0.717) is 17.1 Å². The summed E-state index contributed by atoms with van der Waals surface area (Å²) in [6.45, 7) is 26.4.